The van der Waals surface area contributed by atoms with E-state index in [4.69, 9.17) is 9.47 Å². The van der Waals surface area contributed by atoms with Crippen molar-refractivity contribution in [2.24, 2.45) is 0 Å². The Hall–Kier alpha value is -3.73. The highest BCUT2D eigenvalue weighted by Crippen LogP contribution is 2.39. The molecule has 2 N–H and O–H groups in total. The molecule has 5 nitrogen and oxygen atoms in total. The fourth-order valence-corrected chi connectivity index (χ4v) is 4.50. The number of aryl methyl sites for hydroxylation is 1. The van der Waals surface area contributed by atoms with Crippen LogP contribution in [0.5, 0.6) is 11.5 Å². The molecule has 0 fully saturated rings. The van der Waals surface area contributed by atoms with Crippen LogP contribution in [0.25, 0.3) is 10.9 Å². The maximum atomic E-state index is 13.2. The molecular weight excluding hydrogens is 424 g/mol. The number of H-pyrrole nitrogens is 1. The van der Waals surface area contributed by atoms with Gasteiger partial charge in [-0.15, -0.1) is 0 Å². The average Bonchev–Trinajstić information content (AvgIpc) is 3.30. The molecule has 4 rings (SSSR count). The van der Waals surface area contributed by atoms with E-state index in [0.717, 1.165) is 40.6 Å². The van der Waals surface area contributed by atoms with Gasteiger partial charge in [-0.25, -0.2) is 0 Å². The molecule has 1 heterocycles. The van der Waals surface area contributed by atoms with Crippen LogP contribution in [-0.4, -0.2) is 31.2 Å². The number of benzene rings is 3. The summed E-state index contributed by atoms with van der Waals surface area (Å²) in [7, 11) is 3.28. The molecule has 1 aromatic heterocycles. The molecule has 0 spiro atoms. The standard InChI is InChI=1S/C29H32N2O3/c1-20(13-14-21-9-5-4-6-10-21)31-29(32)18-25(24-16-15-22(33-2)17-28(24)34-3)26-19-30-27-12-8-7-11-23(26)27/h4-12,15-17,19-20,25,30H,13-14,18H2,1-3H3,(H,31,32). The minimum atomic E-state index is -0.168. The van der Waals surface area contributed by atoms with Crippen molar-refractivity contribution in [2.45, 2.75) is 38.1 Å². The lowest BCUT2D eigenvalue weighted by atomic mass is 9.87. The van der Waals surface area contributed by atoms with Gasteiger partial charge in [0.05, 0.1) is 14.2 Å². The minimum Gasteiger partial charge on any atom is -0.497 e. The molecule has 0 aliphatic heterocycles. The third-order valence-corrected chi connectivity index (χ3v) is 6.32. The third kappa shape index (κ3) is 5.42. The van der Waals surface area contributed by atoms with Crippen molar-refractivity contribution in [3.8, 4) is 11.5 Å². The summed E-state index contributed by atoms with van der Waals surface area (Å²) in [4.78, 5) is 16.6. The number of hydrogen-bond acceptors (Lipinski definition) is 3. The molecule has 1 amide bonds. The molecule has 0 aliphatic rings. The maximum absolute atomic E-state index is 13.2. The van der Waals surface area contributed by atoms with Gasteiger partial charge in [-0.05, 0) is 43.0 Å². The summed E-state index contributed by atoms with van der Waals surface area (Å²) in [5.74, 6) is 1.28. The van der Waals surface area contributed by atoms with E-state index in [-0.39, 0.29) is 17.9 Å². The zero-order valence-electron chi connectivity index (χ0n) is 20.0. The first-order valence-corrected chi connectivity index (χ1v) is 11.7. The summed E-state index contributed by atoms with van der Waals surface area (Å²) in [6.45, 7) is 2.06. The van der Waals surface area contributed by atoms with Crippen LogP contribution >= 0.6 is 0 Å². The van der Waals surface area contributed by atoms with E-state index >= 15 is 0 Å². The van der Waals surface area contributed by atoms with Crippen LogP contribution < -0.4 is 14.8 Å². The van der Waals surface area contributed by atoms with E-state index in [1.807, 2.05) is 60.8 Å². The van der Waals surface area contributed by atoms with Gasteiger partial charge in [0.25, 0.3) is 0 Å². The van der Waals surface area contributed by atoms with Crippen LogP contribution in [0.1, 0.15) is 42.4 Å². The van der Waals surface area contributed by atoms with Crippen molar-refractivity contribution >= 4 is 16.8 Å². The highest BCUT2D eigenvalue weighted by molar-refractivity contribution is 5.86. The van der Waals surface area contributed by atoms with Crippen molar-refractivity contribution in [1.82, 2.24) is 10.3 Å². The van der Waals surface area contributed by atoms with Gasteiger partial charge in [0.2, 0.25) is 5.91 Å². The number of nitrogens with one attached hydrogen (secondary N) is 2. The Balaban J connectivity index is 1.57. The Morgan fingerprint density at radius 2 is 1.71 bits per heavy atom. The number of fused-ring (bicyclic) bond motifs is 1. The summed E-state index contributed by atoms with van der Waals surface area (Å²) in [5.41, 5.74) is 4.36. The quantitative estimate of drug-likeness (QED) is 0.315. The fraction of sp³-hybridized carbons (Fsp3) is 0.276. The van der Waals surface area contributed by atoms with Gasteiger partial charge < -0.3 is 19.8 Å². The molecule has 0 radical (unpaired) electrons. The summed E-state index contributed by atoms with van der Waals surface area (Å²) in [6, 6.07) is 24.4. The van der Waals surface area contributed by atoms with Crippen LogP contribution in [0.3, 0.4) is 0 Å². The number of hydrogen-bond donors (Lipinski definition) is 2. The Bertz CT molecular complexity index is 1230. The molecule has 34 heavy (non-hydrogen) atoms. The van der Waals surface area contributed by atoms with Crippen molar-refractivity contribution in [2.75, 3.05) is 14.2 Å². The van der Waals surface area contributed by atoms with Crippen molar-refractivity contribution in [1.29, 1.82) is 0 Å². The highest BCUT2D eigenvalue weighted by Gasteiger charge is 2.25. The van der Waals surface area contributed by atoms with Gasteiger partial charge in [0.15, 0.2) is 0 Å². The monoisotopic (exact) mass is 456 g/mol. The van der Waals surface area contributed by atoms with Crippen LogP contribution in [0.4, 0.5) is 0 Å². The third-order valence-electron chi connectivity index (χ3n) is 6.32. The van der Waals surface area contributed by atoms with E-state index in [9.17, 15) is 4.79 Å². The lowest BCUT2D eigenvalue weighted by molar-refractivity contribution is -0.121. The Labute approximate surface area is 201 Å². The Morgan fingerprint density at radius 1 is 0.941 bits per heavy atom. The van der Waals surface area contributed by atoms with Gasteiger partial charge in [0, 0.05) is 47.1 Å². The molecule has 176 valence electrons. The first-order valence-electron chi connectivity index (χ1n) is 11.7. The normalized spacial score (nSPS) is 12.8. The molecule has 2 unspecified atom stereocenters. The van der Waals surface area contributed by atoms with E-state index in [0.29, 0.717) is 12.2 Å². The molecule has 4 aromatic rings. The van der Waals surface area contributed by atoms with Crippen LogP contribution in [0.15, 0.2) is 79.0 Å². The Morgan fingerprint density at radius 3 is 2.47 bits per heavy atom. The predicted octanol–water partition coefficient (Wildman–Crippen LogP) is 5.84. The number of aromatic amines is 1. The number of aromatic nitrogens is 1. The summed E-state index contributed by atoms with van der Waals surface area (Å²) in [5, 5.41) is 4.31. The topological polar surface area (TPSA) is 63.3 Å². The van der Waals surface area contributed by atoms with E-state index in [1.165, 1.54) is 5.56 Å². The number of ether oxygens (including phenoxy) is 2. The number of amides is 1. The number of methoxy groups -OCH3 is 2. The van der Waals surface area contributed by atoms with Crippen LogP contribution in [0, 0.1) is 0 Å². The maximum Gasteiger partial charge on any atom is 0.221 e. The molecule has 3 aromatic carbocycles. The molecule has 5 heteroatoms. The number of carbonyl (C=O) groups excluding carboxylic acids is 1. The highest BCUT2D eigenvalue weighted by atomic mass is 16.5. The zero-order chi connectivity index (χ0) is 23.9. The molecule has 0 bridgehead atoms. The second kappa shape index (κ2) is 10.9. The lowest BCUT2D eigenvalue weighted by Crippen LogP contribution is -2.34. The summed E-state index contributed by atoms with van der Waals surface area (Å²) in [6.07, 6.45) is 4.14. The first kappa shape index (κ1) is 23.4. The fourth-order valence-electron chi connectivity index (χ4n) is 4.50. The zero-order valence-corrected chi connectivity index (χ0v) is 20.0. The second-order valence-electron chi connectivity index (χ2n) is 8.65. The molecule has 2 atom stereocenters. The Kier molecular flexibility index (Phi) is 7.53. The molecular formula is C29H32N2O3. The molecule has 0 saturated heterocycles. The summed E-state index contributed by atoms with van der Waals surface area (Å²) < 4.78 is 11.1. The van der Waals surface area contributed by atoms with E-state index < -0.39 is 0 Å². The van der Waals surface area contributed by atoms with Crippen LogP contribution in [0.2, 0.25) is 0 Å². The number of carbonyl (C=O) groups is 1. The smallest absolute Gasteiger partial charge is 0.221 e. The van der Waals surface area contributed by atoms with Gasteiger partial charge in [-0.3, -0.25) is 4.79 Å². The second-order valence-corrected chi connectivity index (χ2v) is 8.65. The lowest BCUT2D eigenvalue weighted by Gasteiger charge is -2.22. The average molecular weight is 457 g/mol. The van der Waals surface area contributed by atoms with Gasteiger partial charge in [-0.1, -0.05) is 54.6 Å². The molecule has 0 saturated carbocycles. The SMILES string of the molecule is COc1ccc(C(CC(=O)NC(C)CCc2ccccc2)c2c[nH]c3ccccc23)c(OC)c1. The largest absolute Gasteiger partial charge is 0.497 e. The van der Waals surface area contributed by atoms with Gasteiger partial charge in [0.1, 0.15) is 11.5 Å². The van der Waals surface area contributed by atoms with Gasteiger partial charge in [-0.2, -0.15) is 0 Å². The predicted molar refractivity (Wildman–Crippen MR) is 137 cm³/mol. The molecule has 0 aliphatic carbocycles. The first-order chi connectivity index (χ1) is 16.6. The van der Waals surface area contributed by atoms with Gasteiger partial charge >= 0.3 is 0 Å². The number of rotatable bonds is 10. The van der Waals surface area contributed by atoms with Crippen molar-refractivity contribution in [3.63, 3.8) is 0 Å². The number of para-hydroxylation sites is 1. The summed E-state index contributed by atoms with van der Waals surface area (Å²) >= 11 is 0. The van der Waals surface area contributed by atoms with E-state index in [1.54, 1.807) is 14.2 Å². The van der Waals surface area contributed by atoms with E-state index in [2.05, 4.69) is 35.4 Å². The van der Waals surface area contributed by atoms with Crippen LogP contribution in [-0.2, 0) is 11.2 Å². The minimum absolute atomic E-state index is 0.0220. The van der Waals surface area contributed by atoms with Crippen molar-refractivity contribution < 1.29 is 14.3 Å². The van der Waals surface area contributed by atoms with Crippen molar-refractivity contribution in [3.05, 3.63) is 95.7 Å².